The van der Waals surface area contributed by atoms with Gasteiger partial charge in [-0.05, 0) is 12.1 Å². The van der Waals surface area contributed by atoms with Gasteiger partial charge in [0.15, 0.2) is 0 Å². The second-order valence-corrected chi connectivity index (χ2v) is 6.01. The average Bonchev–Trinajstić information content (AvgIpc) is 2.73. The first-order valence-electron chi connectivity index (χ1n) is 8.50. The molecule has 0 aliphatic carbocycles. The maximum atomic E-state index is 12.8. The molecule has 0 fully saturated rings. The summed E-state index contributed by atoms with van der Waals surface area (Å²) in [5, 5.41) is 14.5. The van der Waals surface area contributed by atoms with Gasteiger partial charge in [-0.2, -0.15) is 0 Å². The van der Waals surface area contributed by atoms with E-state index in [4.69, 9.17) is 0 Å². The lowest BCUT2D eigenvalue weighted by molar-refractivity contribution is -0.383. The third kappa shape index (κ3) is 3.28. The number of aromatic nitrogens is 2. The number of carbonyl (C=O) groups is 1. The Morgan fingerprint density at radius 1 is 0.857 bits per heavy atom. The maximum absolute atomic E-state index is 12.8. The number of carbonyl (C=O) groups excluding carboxylic acids is 1. The molecule has 3 aromatic carbocycles. The molecule has 0 bridgehead atoms. The Morgan fingerprint density at radius 2 is 1.54 bits per heavy atom. The van der Waals surface area contributed by atoms with Crippen LogP contribution in [-0.2, 0) is 0 Å². The summed E-state index contributed by atoms with van der Waals surface area (Å²) in [5.74, 6) is -0.673. The van der Waals surface area contributed by atoms with Gasteiger partial charge in [0.2, 0.25) is 5.82 Å². The number of nitrogens with one attached hydrogen (secondary N) is 1. The highest BCUT2D eigenvalue weighted by atomic mass is 16.6. The number of nitro groups is 1. The number of para-hydroxylation sites is 3. The molecule has 0 spiro atoms. The highest BCUT2D eigenvalue weighted by molar-refractivity contribution is 6.05. The Bertz CT molecular complexity index is 1190. The number of nitro benzene ring substituents is 1. The van der Waals surface area contributed by atoms with Crippen LogP contribution in [0.25, 0.3) is 22.2 Å². The van der Waals surface area contributed by atoms with Crippen molar-refractivity contribution in [2.75, 3.05) is 5.32 Å². The third-order valence-corrected chi connectivity index (χ3v) is 4.20. The molecular weight excluding hydrogens is 356 g/mol. The van der Waals surface area contributed by atoms with Crippen molar-refractivity contribution in [3.05, 3.63) is 94.8 Å². The van der Waals surface area contributed by atoms with Gasteiger partial charge in [-0.15, -0.1) is 0 Å². The van der Waals surface area contributed by atoms with Gasteiger partial charge in [-0.25, -0.2) is 9.97 Å². The molecule has 1 amide bonds. The lowest BCUT2D eigenvalue weighted by Crippen LogP contribution is -2.17. The second-order valence-electron chi connectivity index (χ2n) is 6.01. The van der Waals surface area contributed by atoms with Crippen LogP contribution in [0.4, 0.5) is 11.4 Å². The molecule has 4 rings (SSSR count). The van der Waals surface area contributed by atoms with Crippen molar-refractivity contribution < 1.29 is 9.72 Å². The molecule has 1 aromatic heterocycles. The standard InChI is InChI=1S/C21H14N4O3/c26-21(23-17-12-6-7-13-18(17)25(27)28)20-22-16-11-5-4-10-15(16)19(24-20)14-8-2-1-3-9-14/h1-13H,(H,23,26). The molecule has 0 unspecified atom stereocenters. The van der Waals surface area contributed by atoms with E-state index in [0.717, 1.165) is 10.9 Å². The summed E-state index contributed by atoms with van der Waals surface area (Å²) in [6, 6.07) is 22.8. The maximum Gasteiger partial charge on any atom is 0.293 e. The number of fused-ring (bicyclic) bond motifs is 1. The Balaban J connectivity index is 1.79. The molecule has 0 aliphatic rings. The Hall–Kier alpha value is -4.13. The number of amides is 1. The summed E-state index contributed by atoms with van der Waals surface area (Å²) in [7, 11) is 0. The molecule has 0 saturated heterocycles. The number of hydrogen-bond donors (Lipinski definition) is 1. The van der Waals surface area contributed by atoms with Crippen LogP contribution in [0.3, 0.4) is 0 Å². The summed E-state index contributed by atoms with van der Waals surface area (Å²) in [5.41, 5.74) is 1.99. The van der Waals surface area contributed by atoms with E-state index in [2.05, 4.69) is 15.3 Å². The van der Waals surface area contributed by atoms with Crippen molar-refractivity contribution in [3.63, 3.8) is 0 Å². The van der Waals surface area contributed by atoms with Crippen LogP contribution >= 0.6 is 0 Å². The number of nitrogens with zero attached hydrogens (tertiary/aromatic N) is 3. The fourth-order valence-corrected chi connectivity index (χ4v) is 2.91. The van der Waals surface area contributed by atoms with Crippen molar-refractivity contribution in [1.29, 1.82) is 0 Å². The van der Waals surface area contributed by atoms with Crippen molar-refractivity contribution in [3.8, 4) is 11.3 Å². The van der Waals surface area contributed by atoms with Crippen LogP contribution in [-0.4, -0.2) is 20.8 Å². The van der Waals surface area contributed by atoms with Gasteiger partial charge in [0.1, 0.15) is 5.69 Å². The number of rotatable bonds is 4. The molecule has 0 radical (unpaired) electrons. The van der Waals surface area contributed by atoms with Crippen molar-refractivity contribution in [1.82, 2.24) is 9.97 Å². The van der Waals surface area contributed by atoms with Crippen LogP contribution < -0.4 is 5.32 Å². The molecule has 1 N–H and O–H groups in total. The van der Waals surface area contributed by atoms with Crippen LogP contribution in [0, 0.1) is 10.1 Å². The lowest BCUT2D eigenvalue weighted by atomic mass is 10.1. The molecule has 0 aliphatic heterocycles. The van der Waals surface area contributed by atoms with Gasteiger partial charge in [-0.3, -0.25) is 14.9 Å². The molecule has 7 nitrogen and oxygen atoms in total. The number of benzene rings is 3. The minimum absolute atomic E-state index is 0.0595. The van der Waals surface area contributed by atoms with Crippen LogP contribution in [0.2, 0.25) is 0 Å². The highest BCUT2D eigenvalue weighted by Gasteiger charge is 2.19. The monoisotopic (exact) mass is 370 g/mol. The van der Waals surface area contributed by atoms with Crippen molar-refractivity contribution in [2.45, 2.75) is 0 Å². The minimum Gasteiger partial charge on any atom is -0.313 e. The SMILES string of the molecule is O=C(Nc1ccccc1[N+](=O)[O-])c1nc(-c2ccccc2)c2ccccc2n1. The summed E-state index contributed by atoms with van der Waals surface area (Å²) >= 11 is 0. The first-order chi connectivity index (χ1) is 13.6. The summed E-state index contributed by atoms with van der Waals surface area (Å²) in [6.45, 7) is 0. The van der Waals surface area contributed by atoms with E-state index < -0.39 is 10.8 Å². The zero-order valence-electron chi connectivity index (χ0n) is 14.6. The second kappa shape index (κ2) is 7.24. The fourth-order valence-electron chi connectivity index (χ4n) is 2.91. The molecule has 0 saturated carbocycles. The van der Waals surface area contributed by atoms with Gasteiger partial charge in [0.25, 0.3) is 11.6 Å². The lowest BCUT2D eigenvalue weighted by Gasteiger charge is -2.09. The molecule has 7 heteroatoms. The van der Waals surface area contributed by atoms with E-state index in [1.807, 2.05) is 48.5 Å². The van der Waals surface area contributed by atoms with Crippen molar-refractivity contribution in [2.24, 2.45) is 0 Å². The smallest absolute Gasteiger partial charge is 0.293 e. The van der Waals surface area contributed by atoms with Crippen LogP contribution in [0.5, 0.6) is 0 Å². The van der Waals surface area contributed by atoms with E-state index in [9.17, 15) is 14.9 Å². The van der Waals surface area contributed by atoms with Crippen molar-refractivity contribution >= 4 is 28.2 Å². The third-order valence-electron chi connectivity index (χ3n) is 4.20. The largest absolute Gasteiger partial charge is 0.313 e. The summed E-state index contributed by atoms with van der Waals surface area (Å²) in [4.78, 5) is 32.2. The predicted molar refractivity (Wildman–Crippen MR) is 106 cm³/mol. The summed E-state index contributed by atoms with van der Waals surface area (Å²) < 4.78 is 0. The quantitative estimate of drug-likeness (QED) is 0.422. The highest BCUT2D eigenvalue weighted by Crippen LogP contribution is 2.27. The van der Waals surface area contributed by atoms with Crippen LogP contribution in [0.15, 0.2) is 78.9 Å². The zero-order chi connectivity index (χ0) is 19.5. The Morgan fingerprint density at radius 3 is 2.32 bits per heavy atom. The molecule has 136 valence electrons. The van der Waals surface area contributed by atoms with E-state index >= 15 is 0 Å². The molecule has 1 heterocycles. The van der Waals surface area contributed by atoms with Gasteiger partial charge in [-0.1, -0.05) is 60.7 Å². The molecule has 0 atom stereocenters. The topological polar surface area (TPSA) is 98.0 Å². The average molecular weight is 370 g/mol. The first-order valence-corrected chi connectivity index (χ1v) is 8.50. The van der Waals surface area contributed by atoms with Gasteiger partial charge in [0, 0.05) is 17.0 Å². The van der Waals surface area contributed by atoms with E-state index in [-0.39, 0.29) is 17.2 Å². The molecular formula is C21H14N4O3. The van der Waals surface area contributed by atoms with E-state index in [0.29, 0.717) is 11.2 Å². The van der Waals surface area contributed by atoms with Gasteiger partial charge in [0.05, 0.1) is 16.1 Å². The van der Waals surface area contributed by atoms with E-state index in [1.165, 1.54) is 18.2 Å². The first kappa shape index (κ1) is 17.3. The number of anilines is 1. The molecule has 28 heavy (non-hydrogen) atoms. The predicted octanol–water partition coefficient (Wildman–Crippen LogP) is 4.46. The fraction of sp³-hybridized carbons (Fsp3) is 0. The number of hydrogen-bond acceptors (Lipinski definition) is 5. The Labute approximate surface area is 159 Å². The van der Waals surface area contributed by atoms with E-state index in [1.54, 1.807) is 12.1 Å². The normalized spacial score (nSPS) is 10.6. The van der Waals surface area contributed by atoms with Gasteiger partial charge >= 0.3 is 0 Å². The summed E-state index contributed by atoms with van der Waals surface area (Å²) in [6.07, 6.45) is 0. The molecule has 4 aromatic rings. The minimum atomic E-state index is -0.614. The van der Waals surface area contributed by atoms with Crippen LogP contribution in [0.1, 0.15) is 10.6 Å². The zero-order valence-corrected chi connectivity index (χ0v) is 14.6. The Kier molecular flexibility index (Phi) is 4.47. The van der Waals surface area contributed by atoms with Gasteiger partial charge < -0.3 is 5.32 Å².